The second kappa shape index (κ2) is 19.5. The maximum absolute atomic E-state index is 12.7. The van der Waals surface area contributed by atoms with Crippen molar-refractivity contribution in [2.24, 2.45) is 11.8 Å². The van der Waals surface area contributed by atoms with Crippen LogP contribution in [0.2, 0.25) is 0 Å². The van der Waals surface area contributed by atoms with E-state index in [9.17, 15) is 22.6 Å². The van der Waals surface area contributed by atoms with Gasteiger partial charge in [-0.25, -0.2) is 8.42 Å². The summed E-state index contributed by atoms with van der Waals surface area (Å²) in [6.45, 7) is 4.18. The molecule has 0 heterocycles. The zero-order valence-corrected chi connectivity index (χ0v) is 27.7. The van der Waals surface area contributed by atoms with Crippen molar-refractivity contribution in [2.75, 3.05) is 11.5 Å². The molecule has 0 bridgehead atoms. The topological polar surface area (TPSA) is 119 Å². The van der Waals surface area contributed by atoms with Gasteiger partial charge in [0, 0.05) is 5.56 Å². The fourth-order valence-corrected chi connectivity index (χ4v) is 7.30. The summed E-state index contributed by atoms with van der Waals surface area (Å²) in [4.78, 5) is 25.3. The van der Waals surface area contributed by atoms with E-state index in [1.807, 2.05) is 92.7 Å². The monoisotopic (exact) mass is 664 g/mol. The molecule has 0 fully saturated rings. The average Bonchev–Trinajstić information content (AvgIpc) is 3.07. The quantitative estimate of drug-likeness (QED) is 0.0636. The molecule has 0 aliphatic carbocycles. The molecule has 0 aliphatic rings. The van der Waals surface area contributed by atoms with Crippen molar-refractivity contribution < 1.29 is 36.2 Å². The van der Waals surface area contributed by atoms with Gasteiger partial charge in [-0.05, 0) is 41.4 Å². The van der Waals surface area contributed by atoms with Gasteiger partial charge in [-0.2, -0.15) is 0 Å². The van der Waals surface area contributed by atoms with Gasteiger partial charge in [-0.1, -0.05) is 121 Å². The van der Waals surface area contributed by atoms with Crippen LogP contribution in [0.25, 0.3) is 0 Å². The minimum Gasteiger partial charge on any atom is -0.726 e. The third-order valence-corrected chi connectivity index (χ3v) is 9.74. The number of carbonyl (C=O) groups is 2. The smallest absolute Gasteiger partial charge is 0.313 e. The molecule has 0 spiro atoms. The second-order valence-corrected chi connectivity index (χ2v) is 14.0. The van der Waals surface area contributed by atoms with Crippen molar-refractivity contribution in [1.82, 2.24) is 0 Å². The molecule has 4 aromatic carbocycles. The van der Waals surface area contributed by atoms with Crippen molar-refractivity contribution in [3.8, 4) is 0 Å². The lowest BCUT2D eigenvalue weighted by Gasteiger charge is -2.17. The van der Waals surface area contributed by atoms with E-state index in [-0.39, 0.29) is 54.5 Å². The van der Waals surface area contributed by atoms with E-state index in [0.717, 1.165) is 16.9 Å². The van der Waals surface area contributed by atoms with E-state index < -0.39 is 10.4 Å². The summed E-state index contributed by atoms with van der Waals surface area (Å²) >= 11 is 0. The summed E-state index contributed by atoms with van der Waals surface area (Å²) in [5.74, 6) is 1.29. The van der Waals surface area contributed by atoms with Gasteiger partial charge in [-0.3, -0.25) is 13.8 Å². The number of hydrogen-bond donors (Lipinski definition) is 0. The van der Waals surface area contributed by atoms with Crippen LogP contribution in [0.15, 0.2) is 121 Å². The van der Waals surface area contributed by atoms with Gasteiger partial charge in [0.2, 0.25) is 10.4 Å². The molecule has 0 aromatic heterocycles. The Morgan fingerprint density at radius 1 is 0.587 bits per heavy atom. The molecule has 0 saturated carbocycles. The minimum atomic E-state index is -4.57. The summed E-state index contributed by atoms with van der Waals surface area (Å²) in [6, 6.07) is 38.2. The van der Waals surface area contributed by atoms with Gasteiger partial charge in [0.15, 0.2) is 0 Å². The lowest BCUT2D eigenvalue weighted by Crippen LogP contribution is -2.31. The van der Waals surface area contributed by atoms with Crippen LogP contribution in [-0.2, 0) is 70.1 Å². The molecular formula is C36H40O8S2. The fraction of sp³-hybridized carbons (Fsp3) is 0.278. The van der Waals surface area contributed by atoms with Crippen LogP contribution in [0, 0.1) is 11.8 Å². The van der Waals surface area contributed by atoms with Gasteiger partial charge in [0.1, 0.15) is 30.5 Å². The van der Waals surface area contributed by atoms with Crippen LogP contribution in [0.1, 0.15) is 36.1 Å². The van der Waals surface area contributed by atoms with Crippen LogP contribution in [-0.4, -0.2) is 36.4 Å². The van der Waals surface area contributed by atoms with E-state index >= 15 is 0 Å². The zero-order chi connectivity index (χ0) is 33.2. The highest BCUT2D eigenvalue weighted by Gasteiger charge is 2.32. The first-order valence-corrected chi connectivity index (χ1v) is 17.9. The Kier molecular flexibility index (Phi) is 15.5. The highest BCUT2D eigenvalue weighted by molar-refractivity contribution is 7.96. The Morgan fingerprint density at radius 3 is 1.26 bits per heavy atom. The normalized spacial score (nSPS) is 12.9. The van der Waals surface area contributed by atoms with Crippen LogP contribution in [0.5, 0.6) is 0 Å². The van der Waals surface area contributed by atoms with E-state index in [1.54, 1.807) is 30.3 Å². The first-order valence-electron chi connectivity index (χ1n) is 14.8. The van der Waals surface area contributed by atoms with Gasteiger partial charge in [0.05, 0.1) is 18.4 Å². The van der Waals surface area contributed by atoms with Crippen molar-refractivity contribution in [3.05, 3.63) is 144 Å². The molecule has 8 nitrogen and oxygen atoms in total. The summed E-state index contributed by atoms with van der Waals surface area (Å²) in [6.07, 6.45) is 0. The molecule has 2 unspecified atom stereocenters. The maximum Gasteiger partial charge on any atom is 0.313 e. The van der Waals surface area contributed by atoms with Crippen LogP contribution < -0.4 is 0 Å². The molecule has 10 heteroatoms. The Morgan fingerprint density at radius 2 is 0.913 bits per heavy atom. The summed E-state index contributed by atoms with van der Waals surface area (Å²) in [5, 5.41) is 0. The predicted octanol–water partition coefficient (Wildman–Crippen LogP) is 6.23. The van der Waals surface area contributed by atoms with Crippen LogP contribution >= 0.6 is 0 Å². The molecule has 2 atom stereocenters. The number of esters is 2. The minimum absolute atomic E-state index is 0.175. The molecule has 0 radical (unpaired) electrons. The second-order valence-electron chi connectivity index (χ2n) is 10.7. The largest absolute Gasteiger partial charge is 0.726 e. The lowest BCUT2D eigenvalue weighted by atomic mass is 10.2. The van der Waals surface area contributed by atoms with E-state index in [2.05, 4.69) is 16.3 Å². The molecule has 4 aromatic rings. The first kappa shape index (κ1) is 36.5. The van der Waals surface area contributed by atoms with Crippen molar-refractivity contribution in [2.45, 2.75) is 39.4 Å². The van der Waals surface area contributed by atoms with E-state index in [0.29, 0.717) is 17.1 Å². The molecule has 244 valence electrons. The highest BCUT2D eigenvalue weighted by atomic mass is 32.3. The number of ether oxygens (including phenoxy) is 2. The third kappa shape index (κ3) is 14.9. The molecule has 4 rings (SSSR count). The Labute approximate surface area is 275 Å². The summed E-state index contributed by atoms with van der Waals surface area (Å²) in [7, 11) is -4.75. The van der Waals surface area contributed by atoms with Gasteiger partial charge in [0.25, 0.3) is 0 Å². The Hall–Kier alpha value is -3.96. The van der Waals surface area contributed by atoms with Crippen LogP contribution in [0.3, 0.4) is 0 Å². The Bertz CT molecular complexity index is 1490. The SMILES string of the molecule is CC(C[S+](Cc1ccccc1)CC(C)C(=O)OCc1ccccc1)C(=O)OCc1ccccc1.O=S(=O)([O-])OCc1ccccc1. The van der Waals surface area contributed by atoms with Gasteiger partial charge >= 0.3 is 11.9 Å². The zero-order valence-electron chi connectivity index (χ0n) is 26.0. The number of rotatable bonds is 15. The first-order chi connectivity index (χ1) is 22.1. The Balaban J connectivity index is 0.000000402. The standard InChI is InChI=1S/C29H33O4S.C7H8O4S/c1-23(28(30)32-18-25-12-6-3-7-13-25)20-34(22-27-16-10-5-11-17-27)21-24(2)29(31)33-19-26-14-8-4-9-15-26;8-12(9,10)11-6-7-4-2-1-3-5-7/h3-17,23-24H,18-22H2,1-2H3;1-5H,6H2,(H,8,9,10)/q+1;/p-1. The van der Waals surface area contributed by atoms with Gasteiger partial charge in [-0.15, -0.1) is 0 Å². The van der Waals surface area contributed by atoms with Crippen molar-refractivity contribution in [3.63, 3.8) is 0 Å². The number of carbonyl (C=O) groups excluding carboxylic acids is 2. The predicted molar refractivity (Wildman–Crippen MR) is 179 cm³/mol. The molecule has 46 heavy (non-hydrogen) atoms. The average molecular weight is 665 g/mol. The molecule has 0 amide bonds. The highest BCUT2D eigenvalue weighted by Crippen LogP contribution is 2.19. The van der Waals surface area contributed by atoms with Crippen LogP contribution in [0.4, 0.5) is 0 Å². The number of benzene rings is 4. The fourth-order valence-electron chi connectivity index (χ4n) is 4.30. The van der Waals surface area contributed by atoms with Gasteiger partial charge < -0.3 is 14.0 Å². The molecule has 0 N–H and O–H groups in total. The van der Waals surface area contributed by atoms with E-state index in [1.165, 1.54) is 5.56 Å². The van der Waals surface area contributed by atoms with E-state index in [4.69, 9.17) is 9.47 Å². The molecule has 0 saturated heterocycles. The maximum atomic E-state index is 12.7. The summed E-state index contributed by atoms with van der Waals surface area (Å²) in [5.41, 5.74) is 3.81. The summed E-state index contributed by atoms with van der Waals surface area (Å²) < 4.78 is 45.2. The number of hydrogen-bond acceptors (Lipinski definition) is 8. The molecular weight excluding hydrogens is 625 g/mol. The third-order valence-electron chi connectivity index (χ3n) is 6.65. The lowest BCUT2D eigenvalue weighted by molar-refractivity contribution is -0.149. The van der Waals surface area contributed by atoms with Crippen molar-refractivity contribution >= 4 is 33.2 Å². The van der Waals surface area contributed by atoms with Crippen molar-refractivity contribution in [1.29, 1.82) is 0 Å². The molecule has 0 aliphatic heterocycles.